The molecule has 0 aliphatic carbocycles. The van der Waals surface area contributed by atoms with Gasteiger partial charge >= 0.3 is 5.97 Å². The van der Waals surface area contributed by atoms with Crippen molar-refractivity contribution in [3.8, 4) is 5.75 Å². The molecule has 0 aliphatic heterocycles. The lowest BCUT2D eigenvalue weighted by molar-refractivity contribution is -0.162. The zero-order valence-electron chi connectivity index (χ0n) is 17.2. The number of hydrogen-bond donors (Lipinski definition) is 1. The number of ether oxygens (including phenoxy) is 2. The molecular weight excluding hydrogens is 354 g/mol. The molecular formula is C23H31NO4. The molecule has 1 atom stereocenters. The molecule has 0 heterocycles. The van der Waals surface area contributed by atoms with Crippen molar-refractivity contribution in [2.24, 2.45) is 0 Å². The van der Waals surface area contributed by atoms with Gasteiger partial charge in [-0.1, -0.05) is 56.3 Å². The van der Waals surface area contributed by atoms with Gasteiger partial charge in [-0.2, -0.15) is 0 Å². The predicted octanol–water partition coefficient (Wildman–Crippen LogP) is 3.59. The number of esters is 1. The van der Waals surface area contributed by atoms with Crippen LogP contribution in [0.1, 0.15) is 38.8 Å². The fraction of sp³-hybridized carbons (Fsp3) is 0.435. The average molecular weight is 386 g/mol. The van der Waals surface area contributed by atoms with Crippen LogP contribution in [0.25, 0.3) is 0 Å². The Kier molecular flexibility index (Phi) is 8.03. The minimum absolute atomic E-state index is 0.0453. The Bertz CT molecular complexity index is 726. The van der Waals surface area contributed by atoms with E-state index in [4.69, 9.17) is 9.47 Å². The zero-order chi connectivity index (χ0) is 20.6. The molecule has 0 radical (unpaired) electrons. The van der Waals surface area contributed by atoms with Crippen molar-refractivity contribution >= 4 is 5.97 Å². The molecule has 0 fully saturated rings. The Labute approximate surface area is 167 Å². The average Bonchev–Trinajstić information content (AvgIpc) is 2.71. The fourth-order valence-electron chi connectivity index (χ4n) is 3.04. The third-order valence-electron chi connectivity index (χ3n) is 4.67. The molecule has 152 valence electrons. The van der Waals surface area contributed by atoms with Gasteiger partial charge in [0, 0.05) is 6.54 Å². The monoisotopic (exact) mass is 385 g/mol. The van der Waals surface area contributed by atoms with Crippen LogP contribution < -0.4 is 4.74 Å². The van der Waals surface area contributed by atoms with Crippen LogP contribution in [0.15, 0.2) is 54.6 Å². The number of carbonyl (C=O) groups is 1. The van der Waals surface area contributed by atoms with Gasteiger partial charge in [0.2, 0.25) is 5.60 Å². The van der Waals surface area contributed by atoms with Gasteiger partial charge in [0.15, 0.2) is 0 Å². The highest BCUT2D eigenvalue weighted by molar-refractivity contribution is 5.85. The molecule has 28 heavy (non-hydrogen) atoms. The molecule has 0 bridgehead atoms. The molecule has 2 aromatic rings. The van der Waals surface area contributed by atoms with Gasteiger partial charge in [-0.15, -0.1) is 0 Å². The third-order valence-corrected chi connectivity index (χ3v) is 4.67. The maximum Gasteiger partial charge on any atom is 0.347 e. The van der Waals surface area contributed by atoms with Crippen molar-refractivity contribution in [1.29, 1.82) is 0 Å². The largest absolute Gasteiger partial charge is 0.491 e. The highest BCUT2D eigenvalue weighted by atomic mass is 16.5. The number of carbonyl (C=O) groups excluding carboxylic acids is 1. The maximum absolute atomic E-state index is 13.0. The number of rotatable bonds is 10. The summed E-state index contributed by atoms with van der Waals surface area (Å²) in [6, 6.07) is 15.8. The SMILES string of the molecule is CCN(CC)CCOC(=O)C(O)(c1ccccc1)c1ccc(OC(C)C)cc1. The second kappa shape index (κ2) is 10.2. The summed E-state index contributed by atoms with van der Waals surface area (Å²) in [7, 11) is 0. The van der Waals surface area contributed by atoms with E-state index in [1.54, 1.807) is 48.5 Å². The van der Waals surface area contributed by atoms with E-state index in [0.717, 1.165) is 13.1 Å². The van der Waals surface area contributed by atoms with Gasteiger partial charge in [-0.25, -0.2) is 4.79 Å². The number of likely N-dealkylation sites (N-methyl/N-ethyl adjacent to an activating group) is 1. The lowest BCUT2D eigenvalue weighted by Gasteiger charge is -2.28. The summed E-state index contributed by atoms with van der Waals surface area (Å²) in [5.74, 6) is 0.00689. The van der Waals surface area contributed by atoms with Crippen molar-refractivity contribution in [3.05, 3.63) is 65.7 Å². The molecule has 5 heteroatoms. The molecule has 0 amide bonds. The minimum Gasteiger partial charge on any atom is -0.491 e. The van der Waals surface area contributed by atoms with Crippen molar-refractivity contribution in [2.45, 2.75) is 39.4 Å². The second-order valence-electron chi connectivity index (χ2n) is 6.93. The summed E-state index contributed by atoms with van der Waals surface area (Å²) < 4.78 is 11.1. The lowest BCUT2D eigenvalue weighted by atomic mass is 9.86. The molecule has 5 nitrogen and oxygen atoms in total. The number of benzene rings is 2. The van der Waals surface area contributed by atoms with Gasteiger partial charge in [0.25, 0.3) is 0 Å². The number of aliphatic hydroxyl groups is 1. The standard InChI is InChI=1S/C23H31NO4/c1-5-24(6-2)16-17-27-22(25)23(26,19-10-8-7-9-11-19)20-12-14-21(15-13-20)28-18(3)4/h7-15,18,26H,5-6,16-17H2,1-4H3. The minimum atomic E-state index is -1.87. The highest BCUT2D eigenvalue weighted by Gasteiger charge is 2.41. The molecule has 0 aromatic heterocycles. The summed E-state index contributed by atoms with van der Waals surface area (Å²) in [6.45, 7) is 10.6. The Morgan fingerprint density at radius 1 is 1.00 bits per heavy atom. The van der Waals surface area contributed by atoms with Crippen LogP contribution in [0.3, 0.4) is 0 Å². The first-order valence-electron chi connectivity index (χ1n) is 9.86. The Hall–Kier alpha value is -2.37. The molecule has 1 N–H and O–H groups in total. The van der Waals surface area contributed by atoms with Crippen LogP contribution in [0.5, 0.6) is 5.75 Å². The molecule has 0 saturated carbocycles. The van der Waals surface area contributed by atoms with Gasteiger partial charge in [0.1, 0.15) is 12.4 Å². The predicted molar refractivity (Wildman–Crippen MR) is 110 cm³/mol. The van der Waals surface area contributed by atoms with Crippen LogP contribution >= 0.6 is 0 Å². The third kappa shape index (κ3) is 5.33. The van der Waals surface area contributed by atoms with E-state index in [1.807, 2.05) is 19.9 Å². The van der Waals surface area contributed by atoms with Crippen molar-refractivity contribution in [3.63, 3.8) is 0 Å². The normalized spacial score (nSPS) is 13.4. The van der Waals surface area contributed by atoms with Crippen LogP contribution in [0.4, 0.5) is 0 Å². The van der Waals surface area contributed by atoms with E-state index < -0.39 is 11.6 Å². The van der Waals surface area contributed by atoms with E-state index in [0.29, 0.717) is 23.4 Å². The summed E-state index contributed by atoms with van der Waals surface area (Å²) in [5, 5.41) is 11.4. The number of hydrogen-bond acceptors (Lipinski definition) is 5. The van der Waals surface area contributed by atoms with Crippen LogP contribution in [0.2, 0.25) is 0 Å². The lowest BCUT2D eigenvalue weighted by Crippen LogP contribution is -2.40. The summed E-state index contributed by atoms with van der Waals surface area (Å²) in [6.07, 6.45) is 0.0453. The van der Waals surface area contributed by atoms with Gasteiger partial charge in [-0.05, 0) is 50.2 Å². The first-order chi connectivity index (χ1) is 13.4. The first-order valence-corrected chi connectivity index (χ1v) is 9.86. The van der Waals surface area contributed by atoms with Crippen LogP contribution in [0, 0.1) is 0 Å². The quantitative estimate of drug-likeness (QED) is 0.634. The number of nitrogens with zero attached hydrogens (tertiary/aromatic N) is 1. The molecule has 2 rings (SSSR count). The molecule has 0 saturated heterocycles. The van der Waals surface area contributed by atoms with E-state index in [9.17, 15) is 9.90 Å². The van der Waals surface area contributed by atoms with Gasteiger partial charge in [-0.3, -0.25) is 0 Å². The fourth-order valence-corrected chi connectivity index (χ4v) is 3.04. The molecule has 1 unspecified atom stereocenters. The van der Waals surface area contributed by atoms with E-state index in [1.165, 1.54) is 0 Å². The molecule has 0 spiro atoms. The van der Waals surface area contributed by atoms with Crippen molar-refractivity contribution < 1.29 is 19.4 Å². The summed E-state index contributed by atoms with van der Waals surface area (Å²) in [5.41, 5.74) is -0.955. The van der Waals surface area contributed by atoms with Crippen LogP contribution in [-0.4, -0.2) is 48.3 Å². The molecule has 0 aliphatic rings. The first kappa shape index (κ1) is 21.9. The summed E-state index contributed by atoms with van der Waals surface area (Å²) >= 11 is 0. The summed E-state index contributed by atoms with van der Waals surface area (Å²) in [4.78, 5) is 15.1. The van der Waals surface area contributed by atoms with E-state index in [2.05, 4.69) is 18.7 Å². The van der Waals surface area contributed by atoms with Gasteiger partial charge < -0.3 is 19.5 Å². The Morgan fingerprint density at radius 2 is 1.57 bits per heavy atom. The van der Waals surface area contributed by atoms with Gasteiger partial charge in [0.05, 0.1) is 6.10 Å². The Morgan fingerprint density at radius 3 is 2.11 bits per heavy atom. The zero-order valence-corrected chi connectivity index (χ0v) is 17.2. The van der Waals surface area contributed by atoms with Crippen molar-refractivity contribution in [1.82, 2.24) is 4.90 Å². The highest BCUT2D eigenvalue weighted by Crippen LogP contribution is 2.32. The van der Waals surface area contributed by atoms with E-state index >= 15 is 0 Å². The molecule has 2 aromatic carbocycles. The Balaban J connectivity index is 2.27. The van der Waals surface area contributed by atoms with Crippen molar-refractivity contribution in [2.75, 3.05) is 26.2 Å². The maximum atomic E-state index is 13.0. The van der Waals surface area contributed by atoms with E-state index in [-0.39, 0.29) is 12.7 Å². The smallest absolute Gasteiger partial charge is 0.347 e. The topological polar surface area (TPSA) is 59.0 Å². The van der Waals surface area contributed by atoms with Crippen LogP contribution in [-0.2, 0) is 15.1 Å². The second-order valence-corrected chi connectivity index (χ2v) is 6.93.